The standard InChI is InChI=1S/C13H24N2O2/c1-11(14-9-5-12(16)6-10-14)13(17)15-7-3-2-4-8-15/h11-12,16H,2-10H2,1H3. The predicted molar refractivity (Wildman–Crippen MR) is 66.7 cm³/mol. The molecule has 0 saturated carbocycles. The number of aliphatic hydroxyl groups excluding tert-OH is 1. The minimum absolute atomic E-state index is 0.0133. The summed E-state index contributed by atoms with van der Waals surface area (Å²) >= 11 is 0. The molecule has 4 nitrogen and oxygen atoms in total. The van der Waals surface area contributed by atoms with Gasteiger partial charge in [-0.05, 0) is 39.0 Å². The molecular weight excluding hydrogens is 216 g/mol. The average molecular weight is 240 g/mol. The zero-order chi connectivity index (χ0) is 12.3. The zero-order valence-corrected chi connectivity index (χ0v) is 10.8. The van der Waals surface area contributed by atoms with Crippen molar-refractivity contribution in [1.29, 1.82) is 0 Å². The van der Waals surface area contributed by atoms with Crippen molar-refractivity contribution in [2.75, 3.05) is 26.2 Å². The Kier molecular flexibility index (Phi) is 4.40. The highest BCUT2D eigenvalue weighted by Gasteiger charge is 2.29. The van der Waals surface area contributed by atoms with Gasteiger partial charge in [-0.25, -0.2) is 0 Å². The van der Waals surface area contributed by atoms with Crippen LogP contribution in [0, 0.1) is 0 Å². The number of piperidine rings is 2. The fourth-order valence-corrected chi connectivity index (χ4v) is 2.81. The van der Waals surface area contributed by atoms with Crippen molar-refractivity contribution in [2.24, 2.45) is 0 Å². The molecule has 0 radical (unpaired) electrons. The molecule has 2 aliphatic rings. The van der Waals surface area contributed by atoms with E-state index in [2.05, 4.69) is 4.90 Å². The highest BCUT2D eigenvalue weighted by Crippen LogP contribution is 2.16. The molecule has 1 atom stereocenters. The third-order valence-electron chi connectivity index (χ3n) is 4.07. The van der Waals surface area contributed by atoms with Crippen LogP contribution in [0.2, 0.25) is 0 Å². The van der Waals surface area contributed by atoms with Gasteiger partial charge in [-0.1, -0.05) is 0 Å². The number of amides is 1. The van der Waals surface area contributed by atoms with Gasteiger partial charge in [-0.3, -0.25) is 9.69 Å². The Hall–Kier alpha value is -0.610. The monoisotopic (exact) mass is 240 g/mol. The maximum Gasteiger partial charge on any atom is 0.239 e. The van der Waals surface area contributed by atoms with E-state index in [1.165, 1.54) is 6.42 Å². The van der Waals surface area contributed by atoms with E-state index in [1.807, 2.05) is 11.8 Å². The van der Waals surface area contributed by atoms with Crippen molar-refractivity contribution in [1.82, 2.24) is 9.80 Å². The Labute approximate surface area is 104 Å². The normalized spacial score (nSPS) is 25.9. The first-order valence-electron chi connectivity index (χ1n) is 6.89. The summed E-state index contributed by atoms with van der Waals surface area (Å²) < 4.78 is 0. The van der Waals surface area contributed by atoms with Crippen molar-refractivity contribution >= 4 is 5.91 Å². The van der Waals surface area contributed by atoms with E-state index in [9.17, 15) is 9.90 Å². The van der Waals surface area contributed by atoms with Crippen LogP contribution in [-0.4, -0.2) is 59.1 Å². The van der Waals surface area contributed by atoms with Crippen LogP contribution in [-0.2, 0) is 4.79 Å². The summed E-state index contributed by atoms with van der Waals surface area (Å²) in [7, 11) is 0. The first-order chi connectivity index (χ1) is 8.18. The van der Waals surface area contributed by atoms with Gasteiger partial charge in [0, 0.05) is 26.2 Å². The highest BCUT2D eigenvalue weighted by atomic mass is 16.3. The summed E-state index contributed by atoms with van der Waals surface area (Å²) in [6.45, 7) is 5.57. The summed E-state index contributed by atoms with van der Waals surface area (Å²) in [6, 6.07) is -0.0133. The predicted octanol–water partition coefficient (Wildman–Crippen LogP) is 0.844. The molecule has 4 heteroatoms. The number of rotatable bonds is 2. The summed E-state index contributed by atoms with van der Waals surface area (Å²) in [5.74, 6) is 0.279. The lowest BCUT2D eigenvalue weighted by atomic mass is 10.0. The van der Waals surface area contributed by atoms with Gasteiger partial charge in [-0.15, -0.1) is 0 Å². The number of hydrogen-bond donors (Lipinski definition) is 1. The fourth-order valence-electron chi connectivity index (χ4n) is 2.81. The van der Waals surface area contributed by atoms with Crippen LogP contribution < -0.4 is 0 Å². The average Bonchev–Trinajstić information content (AvgIpc) is 2.39. The Morgan fingerprint density at radius 2 is 1.71 bits per heavy atom. The van der Waals surface area contributed by atoms with Crippen molar-refractivity contribution < 1.29 is 9.90 Å². The number of likely N-dealkylation sites (tertiary alicyclic amines) is 2. The molecule has 0 aromatic rings. The molecule has 1 amide bonds. The van der Waals surface area contributed by atoms with Crippen molar-refractivity contribution in [2.45, 2.75) is 51.2 Å². The quantitative estimate of drug-likeness (QED) is 0.778. The van der Waals surface area contributed by atoms with E-state index in [-0.39, 0.29) is 18.1 Å². The molecule has 1 unspecified atom stereocenters. The Morgan fingerprint density at radius 1 is 1.12 bits per heavy atom. The smallest absolute Gasteiger partial charge is 0.239 e. The number of carbonyl (C=O) groups is 1. The SMILES string of the molecule is CC(C(=O)N1CCCCC1)N1CCC(O)CC1. The van der Waals surface area contributed by atoms with E-state index >= 15 is 0 Å². The molecule has 2 aliphatic heterocycles. The molecule has 0 bridgehead atoms. The molecule has 17 heavy (non-hydrogen) atoms. The number of nitrogens with zero attached hydrogens (tertiary/aromatic N) is 2. The minimum Gasteiger partial charge on any atom is -0.393 e. The highest BCUT2D eigenvalue weighted by molar-refractivity contribution is 5.81. The second-order valence-corrected chi connectivity index (χ2v) is 5.33. The van der Waals surface area contributed by atoms with Gasteiger partial charge in [0.15, 0.2) is 0 Å². The van der Waals surface area contributed by atoms with Crippen LogP contribution in [0.15, 0.2) is 0 Å². The summed E-state index contributed by atoms with van der Waals surface area (Å²) in [4.78, 5) is 16.5. The van der Waals surface area contributed by atoms with Crippen LogP contribution in [0.25, 0.3) is 0 Å². The molecule has 0 aromatic carbocycles. The number of aliphatic hydroxyl groups is 1. The van der Waals surface area contributed by atoms with Crippen molar-refractivity contribution in [3.05, 3.63) is 0 Å². The minimum atomic E-state index is -0.163. The second-order valence-electron chi connectivity index (χ2n) is 5.33. The lowest BCUT2D eigenvalue weighted by Gasteiger charge is -2.37. The molecule has 1 N–H and O–H groups in total. The molecule has 2 heterocycles. The van der Waals surface area contributed by atoms with Crippen LogP contribution in [0.5, 0.6) is 0 Å². The van der Waals surface area contributed by atoms with Gasteiger partial charge in [0.2, 0.25) is 5.91 Å². The molecule has 0 aromatic heterocycles. The summed E-state index contributed by atoms with van der Waals surface area (Å²) in [5, 5.41) is 9.47. The molecule has 2 fully saturated rings. The van der Waals surface area contributed by atoms with Gasteiger partial charge < -0.3 is 10.0 Å². The Morgan fingerprint density at radius 3 is 2.29 bits per heavy atom. The van der Waals surface area contributed by atoms with Gasteiger partial charge in [0.1, 0.15) is 0 Å². The molecule has 98 valence electrons. The molecule has 2 rings (SSSR count). The second kappa shape index (κ2) is 5.83. The lowest BCUT2D eigenvalue weighted by molar-refractivity contribution is -0.138. The molecule has 2 saturated heterocycles. The topological polar surface area (TPSA) is 43.8 Å². The number of hydrogen-bond acceptors (Lipinski definition) is 3. The van der Waals surface area contributed by atoms with Crippen LogP contribution >= 0.6 is 0 Å². The van der Waals surface area contributed by atoms with Gasteiger partial charge in [0.05, 0.1) is 12.1 Å². The van der Waals surface area contributed by atoms with Crippen LogP contribution in [0.1, 0.15) is 39.0 Å². The van der Waals surface area contributed by atoms with E-state index in [1.54, 1.807) is 0 Å². The Balaban J connectivity index is 1.85. The summed E-state index contributed by atoms with van der Waals surface area (Å²) in [5.41, 5.74) is 0. The molecular formula is C13H24N2O2. The van der Waals surface area contributed by atoms with E-state index in [4.69, 9.17) is 0 Å². The van der Waals surface area contributed by atoms with Gasteiger partial charge >= 0.3 is 0 Å². The van der Waals surface area contributed by atoms with Crippen LogP contribution in [0.4, 0.5) is 0 Å². The van der Waals surface area contributed by atoms with E-state index < -0.39 is 0 Å². The van der Waals surface area contributed by atoms with E-state index in [0.717, 1.165) is 51.9 Å². The van der Waals surface area contributed by atoms with E-state index in [0.29, 0.717) is 0 Å². The van der Waals surface area contributed by atoms with Crippen molar-refractivity contribution in [3.8, 4) is 0 Å². The van der Waals surface area contributed by atoms with Gasteiger partial charge in [-0.2, -0.15) is 0 Å². The number of carbonyl (C=O) groups excluding carboxylic acids is 1. The summed E-state index contributed by atoms with van der Waals surface area (Å²) in [6.07, 6.45) is 5.00. The third-order valence-corrected chi connectivity index (χ3v) is 4.07. The Bertz CT molecular complexity index is 256. The largest absolute Gasteiger partial charge is 0.393 e. The zero-order valence-electron chi connectivity index (χ0n) is 10.8. The molecule has 0 aliphatic carbocycles. The third kappa shape index (κ3) is 3.19. The fraction of sp³-hybridized carbons (Fsp3) is 0.923. The van der Waals surface area contributed by atoms with Crippen LogP contribution in [0.3, 0.4) is 0 Å². The maximum atomic E-state index is 12.3. The first kappa shape index (κ1) is 12.8. The maximum absolute atomic E-state index is 12.3. The van der Waals surface area contributed by atoms with Crippen molar-refractivity contribution in [3.63, 3.8) is 0 Å². The lowest BCUT2D eigenvalue weighted by Crippen LogP contribution is -2.51. The first-order valence-corrected chi connectivity index (χ1v) is 6.89. The molecule has 0 spiro atoms. The van der Waals surface area contributed by atoms with Gasteiger partial charge in [0.25, 0.3) is 0 Å².